The molecular weight excluding hydrogens is 250 g/mol. The van der Waals surface area contributed by atoms with E-state index in [0.717, 1.165) is 24.6 Å². The van der Waals surface area contributed by atoms with Crippen molar-refractivity contribution in [3.05, 3.63) is 53.4 Å². The fourth-order valence-electron chi connectivity index (χ4n) is 2.01. The standard InChI is InChI=1S/C13H16F2N4/c1-2-3-19-8-10(7-17-19)13(18-16)9-4-11(14)6-12(15)5-9/h4-8,13,18H,2-3,16H2,1H3. The third-order valence-corrected chi connectivity index (χ3v) is 2.82. The molecule has 0 fully saturated rings. The molecule has 1 aromatic carbocycles. The monoisotopic (exact) mass is 266 g/mol. The minimum absolute atomic E-state index is 0.427. The molecule has 1 unspecified atom stereocenters. The number of halogens is 2. The maximum absolute atomic E-state index is 13.2. The number of hydrogen-bond donors (Lipinski definition) is 2. The summed E-state index contributed by atoms with van der Waals surface area (Å²) in [6.45, 7) is 2.83. The first-order valence-corrected chi connectivity index (χ1v) is 6.08. The van der Waals surface area contributed by atoms with Crippen LogP contribution >= 0.6 is 0 Å². The van der Waals surface area contributed by atoms with Crippen LogP contribution in [-0.2, 0) is 6.54 Å². The summed E-state index contributed by atoms with van der Waals surface area (Å²) in [5, 5.41) is 4.18. The predicted octanol–water partition coefficient (Wildman–Crippen LogP) is 2.12. The van der Waals surface area contributed by atoms with Crippen LogP contribution in [-0.4, -0.2) is 9.78 Å². The lowest BCUT2D eigenvalue weighted by Crippen LogP contribution is -2.28. The van der Waals surface area contributed by atoms with E-state index in [-0.39, 0.29) is 0 Å². The minimum atomic E-state index is -0.629. The normalized spacial score (nSPS) is 12.6. The summed E-state index contributed by atoms with van der Waals surface area (Å²) in [5.74, 6) is 4.23. The molecule has 0 saturated carbocycles. The second-order valence-corrected chi connectivity index (χ2v) is 4.34. The molecule has 0 radical (unpaired) electrons. The molecule has 2 rings (SSSR count). The number of nitrogens with two attached hydrogens (primary N) is 1. The molecule has 102 valence electrons. The third kappa shape index (κ3) is 3.15. The molecule has 0 aliphatic rings. The molecule has 0 amide bonds. The highest BCUT2D eigenvalue weighted by Gasteiger charge is 2.16. The number of nitrogens with one attached hydrogen (secondary N) is 1. The summed E-state index contributed by atoms with van der Waals surface area (Å²) >= 11 is 0. The molecule has 0 aliphatic carbocycles. The first-order chi connectivity index (χ1) is 9.13. The van der Waals surface area contributed by atoms with Gasteiger partial charge in [-0.2, -0.15) is 5.10 Å². The predicted molar refractivity (Wildman–Crippen MR) is 68.0 cm³/mol. The maximum atomic E-state index is 13.2. The van der Waals surface area contributed by atoms with E-state index in [4.69, 9.17) is 5.84 Å². The average Bonchev–Trinajstić information content (AvgIpc) is 2.78. The summed E-state index contributed by atoms with van der Waals surface area (Å²) in [4.78, 5) is 0. The first-order valence-electron chi connectivity index (χ1n) is 6.08. The van der Waals surface area contributed by atoms with Gasteiger partial charge in [0.15, 0.2) is 0 Å². The van der Waals surface area contributed by atoms with Crippen LogP contribution in [0, 0.1) is 11.6 Å². The van der Waals surface area contributed by atoms with Crippen LogP contribution in [0.25, 0.3) is 0 Å². The molecule has 0 spiro atoms. The highest BCUT2D eigenvalue weighted by Crippen LogP contribution is 2.22. The number of hydrazine groups is 1. The topological polar surface area (TPSA) is 55.9 Å². The Balaban J connectivity index is 2.32. The minimum Gasteiger partial charge on any atom is -0.272 e. The second kappa shape index (κ2) is 5.90. The molecule has 6 heteroatoms. The molecule has 1 heterocycles. The van der Waals surface area contributed by atoms with Gasteiger partial charge in [0.2, 0.25) is 0 Å². The van der Waals surface area contributed by atoms with E-state index in [1.807, 2.05) is 13.1 Å². The number of aromatic nitrogens is 2. The molecular formula is C13H16F2N4. The van der Waals surface area contributed by atoms with Crippen molar-refractivity contribution in [1.82, 2.24) is 15.2 Å². The van der Waals surface area contributed by atoms with E-state index < -0.39 is 17.7 Å². The van der Waals surface area contributed by atoms with Crippen molar-refractivity contribution in [3.63, 3.8) is 0 Å². The summed E-state index contributed by atoms with van der Waals surface area (Å²) in [7, 11) is 0. The van der Waals surface area contributed by atoms with Crippen LogP contribution in [0.5, 0.6) is 0 Å². The van der Waals surface area contributed by atoms with Crippen molar-refractivity contribution in [3.8, 4) is 0 Å². The van der Waals surface area contributed by atoms with Crippen LogP contribution in [0.1, 0.15) is 30.5 Å². The number of hydrogen-bond acceptors (Lipinski definition) is 3. The van der Waals surface area contributed by atoms with E-state index in [9.17, 15) is 8.78 Å². The van der Waals surface area contributed by atoms with Crippen LogP contribution in [0.3, 0.4) is 0 Å². The molecule has 0 saturated heterocycles. The smallest absolute Gasteiger partial charge is 0.126 e. The summed E-state index contributed by atoms with van der Waals surface area (Å²) < 4.78 is 28.2. The first kappa shape index (κ1) is 13.6. The molecule has 3 N–H and O–H groups in total. The van der Waals surface area contributed by atoms with Gasteiger partial charge in [0.05, 0.1) is 12.2 Å². The zero-order valence-electron chi connectivity index (χ0n) is 10.6. The van der Waals surface area contributed by atoms with Gasteiger partial charge in [0.1, 0.15) is 11.6 Å². The molecule has 19 heavy (non-hydrogen) atoms. The summed E-state index contributed by atoms with van der Waals surface area (Å²) in [5.41, 5.74) is 3.75. The molecule has 2 aromatic rings. The molecule has 4 nitrogen and oxygen atoms in total. The second-order valence-electron chi connectivity index (χ2n) is 4.34. The highest BCUT2D eigenvalue weighted by molar-refractivity contribution is 5.29. The number of aryl methyl sites for hydroxylation is 1. The van der Waals surface area contributed by atoms with E-state index in [2.05, 4.69) is 10.5 Å². The van der Waals surface area contributed by atoms with Crippen LogP contribution in [0.2, 0.25) is 0 Å². The number of rotatable bonds is 5. The number of nitrogens with zero attached hydrogens (tertiary/aromatic N) is 2. The van der Waals surface area contributed by atoms with E-state index >= 15 is 0 Å². The van der Waals surface area contributed by atoms with E-state index in [1.54, 1.807) is 10.9 Å². The van der Waals surface area contributed by atoms with Crippen LogP contribution in [0.15, 0.2) is 30.6 Å². The Hall–Kier alpha value is -1.79. The van der Waals surface area contributed by atoms with Gasteiger partial charge in [-0.15, -0.1) is 0 Å². The van der Waals surface area contributed by atoms with Crippen molar-refractivity contribution in [2.24, 2.45) is 5.84 Å². The fourth-order valence-corrected chi connectivity index (χ4v) is 2.01. The van der Waals surface area contributed by atoms with Crippen LogP contribution < -0.4 is 11.3 Å². The Labute approximate surface area is 110 Å². The van der Waals surface area contributed by atoms with Gasteiger partial charge in [-0.1, -0.05) is 6.92 Å². The van der Waals surface area contributed by atoms with Crippen molar-refractivity contribution in [2.75, 3.05) is 0 Å². The van der Waals surface area contributed by atoms with Gasteiger partial charge < -0.3 is 0 Å². The fraction of sp³-hybridized carbons (Fsp3) is 0.308. The lowest BCUT2D eigenvalue weighted by atomic mass is 10.0. The molecule has 1 atom stereocenters. The Kier molecular flexibility index (Phi) is 4.24. The average molecular weight is 266 g/mol. The zero-order valence-corrected chi connectivity index (χ0v) is 10.6. The SMILES string of the molecule is CCCn1cc(C(NN)c2cc(F)cc(F)c2)cn1. The van der Waals surface area contributed by atoms with Crippen molar-refractivity contribution < 1.29 is 8.78 Å². The van der Waals surface area contributed by atoms with Gasteiger partial charge in [-0.05, 0) is 24.1 Å². The molecule has 0 bridgehead atoms. The largest absolute Gasteiger partial charge is 0.272 e. The Morgan fingerprint density at radius 2 is 1.95 bits per heavy atom. The maximum Gasteiger partial charge on any atom is 0.126 e. The molecule has 0 aliphatic heterocycles. The summed E-state index contributed by atoms with van der Waals surface area (Å²) in [6.07, 6.45) is 4.41. The zero-order chi connectivity index (χ0) is 13.8. The van der Waals surface area contributed by atoms with E-state index in [1.165, 1.54) is 12.1 Å². The Bertz CT molecular complexity index is 533. The Morgan fingerprint density at radius 3 is 2.53 bits per heavy atom. The summed E-state index contributed by atoms with van der Waals surface area (Å²) in [6, 6.07) is 2.85. The number of benzene rings is 1. The lowest BCUT2D eigenvalue weighted by Gasteiger charge is -2.14. The van der Waals surface area contributed by atoms with Gasteiger partial charge in [-0.25, -0.2) is 14.2 Å². The van der Waals surface area contributed by atoms with Gasteiger partial charge in [0, 0.05) is 24.4 Å². The van der Waals surface area contributed by atoms with Crippen molar-refractivity contribution in [2.45, 2.75) is 25.9 Å². The third-order valence-electron chi connectivity index (χ3n) is 2.82. The molecule has 1 aromatic heterocycles. The van der Waals surface area contributed by atoms with Crippen molar-refractivity contribution >= 4 is 0 Å². The van der Waals surface area contributed by atoms with E-state index in [0.29, 0.717) is 5.56 Å². The van der Waals surface area contributed by atoms with Crippen LogP contribution in [0.4, 0.5) is 8.78 Å². The highest BCUT2D eigenvalue weighted by atomic mass is 19.1. The lowest BCUT2D eigenvalue weighted by molar-refractivity contribution is 0.565. The van der Waals surface area contributed by atoms with Gasteiger partial charge >= 0.3 is 0 Å². The van der Waals surface area contributed by atoms with Gasteiger partial charge in [0.25, 0.3) is 0 Å². The quantitative estimate of drug-likeness (QED) is 0.644. The Morgan fingerprint density at radius 1 is 1.26 bits per heavy atom. The van der Waals surface area contributed by atoms with Crippen molar-refractivity contribution in [1.29, 1.82) is 0 Å². The van der Waals surface area contributed by atoms with Gasteiger partial charge in [-0.3, -0.25) is 10.5 Å².